The number of allylic oxidation sites excluding steroid dienone is 2. The Labute approximate surface area is 96.4 Å². The van der Waals surface area contributed by atoms with E-state index in [1.807, 2.05) is 18.4 Å². The van der Waals surface area contributed by atoms with E-state index in [4.69, 9.17) is 5.73 Å². The van der Waals surface area contributed by atoms with Crippen LogP contribution in [-0.4, -0.2) is 35.1 Å². The third-order valence-electron chi connectivity index (χ3n) is 3.34. The highest BCUT2D eigenvalue weighted by Gasteiger charge is 2.31. The predicted octanol–water partition coefficient (Wildman–Crippen LogP) is 1.51. The second-order valence-electron chi connectivity index (χ2n) is 4.61. The van der Waals surface area contributed by atoms with E-state index >= 15 is 0 Å². The van der Waals surface area contributed by atoms with Crippen LogP contribution in [0.5, 0.6) is 0 Å². The molecule has 4 nitrogen and oxygen atoms in total. The van der Waals surface area contributed by atoms with Gasteiger partial charge >= 0.3 is 6.03 Å². The summed E-state index contributed by atoms with van der Waals surface area (Å²) in [5, 5.41) is 0. The summed E-state index contributed by atoms with van der Waals surface area (Å²) >= 11 is 0. The molecule has 0 saturated carbocycles. The van der Waals surface area contributed by atoms with Crippen molar-refractivity contribution in [3.05, 3.63) is 24.4 Å². The molecule has 2 unspecified atom stereocenters. The van der Waals surface area contributed by atoms with Crippen LogP contribution in [0.1, 0.15) is 19.8 Å². The molecule has 16 heavy (non-hydrogen) atoms. The summed E-state index contributed by atoms with van der Waals surface area (Å²) in [4.78, 5) is 15.4. The lowest BCUT2D eigenvalue weighted by Crippen LogP contribution is -2.55. The highest BCUT2D eigenvalue weighted by molar-refractivity contribution is 5.72. The van der Waals surface area contributed by atoms with Crippen LogP contribution in [0.25, 0.3) is 0 Å². The van der Waals surface area contributed by atoms with Gasteiger partial charge in [-0.2, -0.15) is 0 Å². The first kappa shape index (κ1) is 11.0. The minimum absolute atomic E-state index is 0.127. The van der Waals surface area contributed by atoms with Crippen LogP contribution in [0.4, 0.5) is 4.79 Å². The summed E-state index contributed by atoms with van der Waals surface area (Å²) in [5.74, 6) is 0.653. The van der Waals surface area contributed by atoms with Gasteiger partial charge in [-0.15, -0.1) is 0 Å². The first-order valence-electron chi connectivity index (χ1n) is 5.83. The molecule has 2 N–H and O–H groups in total. The maximum Gasteiger partial charge on any atom is 0.316 e. The van der Waals surface area contributed by atoms with Gasteiger partial charge in [-0.1, -0.05) is 19.1 Å². The number of amides is 2. The number of nitrogens with two attached hydrogens (primary N) is 1. The van der Waals surface area contributed by atoms with Gasteiger partial charge in [-0.25, -0.2) is 4.79 Å². The summed E-state index contributed by atoms with van der Waals surface area (Å²) in [6, 6.07) is -0.306. The Morgan fingerprint density at radius 2 is 2.25 bits per heavy atom. The topological polar surface area (TPSA) is 49.6 Å². The van der Waals surface area contributed by atoms with Crippen molar-refractivity contribution in [3.63, 3.8) is 0 Å². The number of urea groups is 1. The first-order chi connectivity index (χ1) is 7.68. The molecule has 0 spiro atoms. The molecule has 0 aromatic carbocycles. The van der Waals surface area contributed by atoms with Gasteiger partial charge in [-0.05, 0) is 24.8 Å². The third kappa shape index (κ3) is 2.21. The lowest BCUT2D eigenvalue weighted by Gasteiger charge is -2.43. The third-order valence-corrected chi connectivity index (χ3v) is 3.34. The van der Waals surface area contributed by atoms with E-state index in [0.29, 0.717) is 5.92 Å². The van der Waals surface area contributed by atoms with Gasteiger partial charge < -0.3 is 15.5 Å². The Morgan fingerprint density at radius 1 is 1.44 bits per heavy atom. The smallest absolute Gasteiger partial charge is 0.316 e. The molecule has 2 heterocycles. The van der Waals surface area contributed by atoms with Crippen molar-refractivity contribution in [2.24, 2.45) is 11.7 Å². The lowest BCUT2D eigenvalue weighted by atomic mass is 9.95. The zero-order valence-corrected chi connectivity index (χ0v) is 9.67. The van der Waals surface area contributed by atoms with Crippen LogP contribution >= 0.6 is 0 Å². The molecule has 2 amide bonds. The van der Waals surface area contributed by atoms with E-state index < -0.39 is 0 Å². The maximum absolute atomic E-state index is 11.4. The second-order valence-corrected chi connectivity index (χ2v) is 4.61. The maximum atomic E-state index is 11.4. The average Bonchev–Trinajstić information content (AvgIpc) is 2.29. The van der Waals surface area contributed by atoms with Crippen molar-refractivity contribution >= 4 is 6.03 Å². The standard InChI is InChI=1S/C12H19N3O/c1-10-5-8-15(12(13)16)11(9-10)14-6-3-2-4-7-14/h2-4,6,10-11H,5,7-9H2,1H3,(H2,13,16). The quantitative estimate of drug-likeness (QED) is 0.729. The predicted molar refractivity (Wildman–Crippen MR) is 63.5 cm³/mol. The van der Waals surface area contributed by atoms with Crippen LogP contribution in [0.15, 0.2) is 24.4 Å². The number of likely N-dealkylation sites (tertiary alicyclic amines) is 1. The molecule has 2 rings (SSSR count). The monoisotopic (exact) mass is 221 g/mol. The Balaban J connectivity index is 2.10. The molecule has 0 aromatic rings. The van der Waals surface area contributed by atoms with Crippen molar-refractivity contribution in [1.29, 1.82) is 0 Å². The summed E-state index contributed by atoms with van der Waals surface area (Å²) in [5.41, 5.74) is 5.43. The minimum Gasteiger partial charge on any atom is -0.354 e. The fraction of sp³-hybridized carbons (Fsp3) is 0.583. The van der Waals surface area contributed by atoms with Crippen LogP contribution in [-0.2, 0) is 0 Å². The van der Waals surface area contributed by atoms with Crippen LogP contribution < -0.4 is 5.73 Å². The summed E-state index contributed by atoms with van der Waals surface area (Å²) in [6.45, 7) is 3.86. The summed E-state index contributed by atoms with van der Waals surface area (Å²) in [6.07, 6.45) is 10.3. The van der Waals surface area contributed by atoms with Gasteiger partial charge in [0.1, 0.15) is 6.17 Å². The second kappa shape index (κ2) is 4.60. The number of piperidine rings is 1. The fourth-order valence-corrected chi connectivity index (χ4v) is 2.39. The zero-order valence-electron chi connectivity index (χ0n) is 9.67. The van der Waals surface area contributed by atoms with Crippen LogP contribution in [0.3, 0.4) is 0 Å². The Bertz CT molecular complexity index is 324. The summed E-state index contributed by atoms with van der Waals surface area (Å²) < 4.78 is 0. The Kier molecular flexibility index (Phi) is 3.17. The molecule has 0 bridgehead atoms. The Hall–Kier alpha value is -1.45. The van der Waals surface area contributed by atoms with E-state index in [9.17, 15) is 4.79 Å². The van der Waals surface area contributed by atoms with Gasteiger partial charge in [0.05, 0.1) is 0 Å². The minimum atomic E-state index is -0.306. The van der Waals surface area contributed by atoms with Gasteiger partial charge in [0, 0.05) is 19.3 Å². The average molecular weight is 221 g/mol. The molecule has 88 valence electrons. The molecule has 0 aliphatic carbocycles. The number of hydrogen-bond acceptors (Lipinski definition) is 2. The van der Waals surface area contributed by atoms with Gasteiger partial charge in [0.25, 0.3) is 0 Å². The largest absolute Gasteiger partial charge is 0.354 e. The molecule has 2 atom stereocenters. The highest BCUT2D eigenvalue weighted by atomic mass is 16.2. The van der Waals surface area contributed by atoms with Gasteiger partial charge in [-0.3, -0.25) is 0 Å². The highest BCUT2D eigenvalue weighted by Crippen LogP contribution is 2.25. The van der Waals surface area contributed by atoms with Crippen LogP contribution in [0.2, 0.25) is 0 Å². The zero-order chi connectivity index (χ0) is 11.5. The van der Waals surface area contributed by atoms with Crippen LogP contribution in [0, 0.1) is 5.92 Å². The first-order valence-corrected chi connectivity index (χ1v) is 5.83. The number of nitrogens with zero attached hydrogens (tertiary/aromatic N) is 2. The molecule has 0 aromatic heterocycles. The fourth-order valence-electron chi connectivity index (χ4n) is 2.39. The van der Waals surface area contributed by atoms with Crippen molar-refractivity contribution in [3.8, 4) is 0 Å². The molecule has 2 aliphatic heterocycles. The molecule has 4 heteroatoms. The van der Waals surface area contributed by atoms with Crippen molar-refractivity contribution < 1.29 is 4.79 Å². The molecular formula is C12H19N3O. The molecular weight excluding hydrogens is 202 g/mol. The van der Waals surface area contributed by atoms with Gasteiger partial charge in [0.15, 0.2) is 0 Å². The van der Waals surface area contributed by atoms with Gasteiger partial charge in [0.2, 0.25) is 0 Å². The van der Waals surface area contributed by atoms with Crippen molar-refractivity contribution in [1.82, 2.24) is 9.80 Å². The van der Waals surface area contributed by atoms with E-state index in [0.717, 1.165) is 25.9 Å². The molecule has 0 radical (unpaired) electrons. The number of carbonyl (C=O) groups is 1. The van der Waals surface area contributed by atoms with E-state index in [1.165, 1.54) is 0 Å². The number of primary amides is 1. The van der Waals surface area contributed by atoms with Crippen molar-refractivity contribution in [2.75, 3.05) is 13.1 Å². The van der Waals surface area contributed by atoms with E-state index in [2.05, 4.69) is 17.9 Å². The number of carbonyl (C=O) groups excluding carboxylic acids is 1. The number of rotatable bonds is 1. The van der Waals surface area contributed by atoms with E-state index in [1.54, 1.807) is 4.90 Å². The molecule has 1 saturated heterocycles. The molecule has 1 fully saturated rings. The lowest BCUT2D eigenvalue weighted by molar-refractivity contribution is 0.0587. The normalized spacial score (nSPS) is 29.6. The SMILES string of the molecule is CC1CCN(C(N)=O)C(N2C=CC=CC2)C1. The van der Waals surface area contributed by atoms with E-state index in [-0.39, 0.29) is 12.2 Å². The number of hydrogen-bond donors (Lipinski definition) is 1. The van der Waals surface area contributed by atoms with Crippen molar-refractivity contribution in [2.45, 2.75) is 25.9 Å². The molecule has 2 aliphatic rings. The summed E-state index contributed by atoms with van der Waals surface area (Å²) in [7, 11) is 0. The Morgan fingerprint density at radius 3 is 2.88 bits per heavy atom.